The number of nitrogens with zero attached hydrogens (tertiary/aromatic N) is 2. The Morgan fingerprint density at radius 2 is 2.32 bits per heavy atom. The second-order valence-corrected chi connectivity index (χ2v) is 5.00. The maximum atomic E-state index is 10.7. The van der Waals surface area contributed by atoms with Crippen molar-refractivity contribution in [3.05, 3.63) is 28.0 Å². The second-order valence-electron chi connectivity index (χ2n) is 5.00. The Morgan fingerprint density at radius 1 is 1.53 bits per heavy atom. The average molecular weight is 267 g/mol. The Hall–Kier alpha value is -1.40. The van der Waals surface area contributed by atoms with Crippen LogP contribution in [0.3, 0.4) is 0 Å². The SMILES string of the molecule is CCN1CCCCC(CN)C1c1ccc([N+](=O)[O-])o1. The maximum Gasteiger partial charge on any atom is 0.433 e. The number of likely N-dealkylation sites (tertiary alicyclic amines) is 1. The Morgan fingerprint density at radius 3 is 2.89 bits per heavy atom. The van der Waals surface area contributed by atoms with Gasteiger partial charge in [0.2, 0.25) is 0 Å². The van der Waals surface area contributed by atoms with E-state index in [1.54, 1.807) is 6.07 Å². The topological polar surface area (TPSA) is 85.5 Å². The Bertz CT molecular complexity index is 419. The van der Waals surface area contributed by atoms with Crippen LogP contribution in [0, 0.1) is 16.0 Å². The molecule has 0 radical (unpaired) electrons. The van der Waals surface area contributed by atoms with Gasteiger partial charge in [0.05, 0.1) is 12.1 Å². The van der Waals surface area contributed by atoms with Gasteiger partial charge in [0.15, 0.2) is 0 Å². The van der Waals surface area contributed by atoms with Crippen molar-refractivity contribution >= 4 is 5.88 Å². The second kappa shape index (κ2) is 6.16. The molecule has 1 saturated heterocycles. The van der Waals surface area contributed by atoms with Crippen LogP contribution in [0.25, 0.3) is 0 Å². The standard InChI is InChI=1S/C13H21N3O3/c1-2-15-8-4-3-5-10(9-14)13(15)11-6-7-12(19-11)16(17)18/h6-7,10,13H,2-5,8-9,14H2,1H3. The van der Waals surface area contributed by atoms with Gasteiger partial charge in [-0.15, -0.1) is 0 Å². The van der Waals surface area contributed by atoms with Crippen LogP contribution in [-0.2, 0) is 0 Å². The molecule has 106 valence electrons. The molecule has 2 N–H and O–H groups in total. The summed E-state index contributed by atoms with van der Waals surface area (Å²) >= 11 is 0. The molecule has 2 atom stereocenters. The van der Waals surface area contributed by atoms with Crippen molar-refractivity contribution in [2.45, 2.75) is 32.2 Å². The van der Waals surface area contributed by atoms with Crippen LogP contribution in [-0.4, -0.2) is 29.5 Å². The van der Waals surface area contributed by atoms with Gasteiger partial charge < -0.3 is 10.2 Å². The lowest BCUT2D eigenvalue weighted by molar-refractivity contribution is -0.402. The van der Waals surface area contributed by atoms with Gasteiger partial charge in [-0.05, 0) is 44.5 Å². The lowest BCUT2D eigenvalue weighted by atomic mass is 9.93. The van der Waals surface area contributed by atoms with Crippen LogP contribution < -0.4 is 5.73 Å². The zero-order valence-electron chi connectivity index (χ0n) is 11.2. The van der Waals surface area contributed by atoms with Crippen molar-refractivity contribution in [1.29, 1.82) is 0 Å². The first kappa shape index (κ1) is 14.0. The molecule has 0 bridgehead atoms. The van der Waals surface area contributed by atoms with Gasteiger partial charge >= 0.3 is 5.88 Å². The lowest BCUT2D eigenvalue weighted by Gasteiger charge is -2.32. The first-order valence-corrected chi connectivity index (χ1v) is 6.85. The molecule has 0 spiro atoms. The van der Waals surface area contributed by atoms with Gasteiger partial charge in [0, 0.05) is 0 Å². The largest absolute Gasteiger partial charge is 0.433 e. The molecule has 1 aliphatic heterocycles. The number of hydrogen-bond donors (Lipinski definition) is 1. The molecule has 1 aliphatic rings. The van der Waals surface area contributed by atoms with Crippen LogP contribution >= 0.6 is 0 Å². The zero-order chi connectivity index (χ0) is 13.8. The Labute approximate surface area is 112 Å². The van der Waals surface area contributed by atoms with Crippen molar-refractivity contribution < 1.29 is 9.34 Å². The van der Waals surface area contributed by atoms with Crippen molar-refractivity contribution in [2.24, 2.45) is 11.7 Å². The summed E-state index contributed by atoms with van der Waals surface area (Å²) in [4.78, 5) is 12.6. The molecule has 6 heteroatoms. The van der Waals surface area contributed by atoms with Gasteiger partial charge in [-0.2, -0.15) is 0 Å². The number of nitro groups is 1. The molecule has 0 amide bonds. The molecule has 2 heterocycles. The fourth-order valence-corrected chi connectivity index (χ4v) is 2.93. The van der Waals surface area contributed by atoms with Crippen LogP contribution in [0.4, 0.5) is 5.88 Å². The highest BCUT2D eigenvalue weighted by Gasteiger charge is 2.32. The molecule has 1 aromatic rings. The van der Waals surface area contributed by atoms with Gasteiger partial charge in [0.1, 0.15) is 10.7 Å². The molecule has 6 nitrogen and oxygen atoms in total. The third-order valence-electron chi connectivity index (χ3n) is 3.90. The van der Waals surface area contributed by atoms with Gasteiger partial charge in [0.25, 0.3) is 0 Å². The summed E-state index contributed by atoms with van der Waals surface area (Å²) in [6.07, 6.45) is 3.34. The normalized spacial score (nSPS) is 25.2. The van der Waals surface area contributed by atoms with Crippen molar-refractivity contribution in [1.82, 2.24) is 4.90 Å². The Balaban J connectivity index is 2.30. The van der Waals surface area contributed by atoms with Gasteiger partial charge in [-0.3, -0.25) is 15.0 Å². The fourth-order valence-electron chi connectivity index (χ4n) is 2.93. The van der Waals surface area contributed by atoms with Crippen molar-refractivity contribution in [3.8, 4) is 0 Å². The molecule has 19 heavy (non-hydrogen) atoms. The van der Waals surface area contributed by atoms with Crippen LogP contribution in [0.2, 0.25) is 0 Å². The predicted octanol–water partition coefficient (Wildman–Crippen LogP) is 2.31. The minimum atomic E-state index is -0.492. The van der Waals surface area contributed by atoms with E-state index >= 15 is 0 Å². The summed E-state index contributed by atoms with van der Waals surface area (Å²) in [5.41, 5.74) is 5.88. The number of hydrogen-bond acceptors (Lipinski definition) is 5. The average Bonchev–Trinajstić information content (AvgIpc) is 2.79. The van der Waals surface area contributed by atoms with Gasteiger partial charge in [-0.1, -0.05) is 13.3 Å². The summed E-state index contributed by atoms with van der Waals surface area (Å²) in [5, 5.41) is 10.7. The van der Waals surface area contributed by atoms with E-state index in [0.29, 0.717) is 18.2 Å². The molecule has 0 saturated carbocycles. The molecular weight excluding hydrogens is 246 g/mol. The van der Waals surface area contributed by atoms with Crippen molar-refractivity contribution in [3.63, 3.8) is 0 Å². The highest BCUT2D eigenvalue weighted by molar-refractivity contribution is 5.20. The molecule has 1 aromatic heterocycles. The monoisotopic (exact) mass is 267 g/mol. The van der Waals surface area contributed by atoms with E-state index in [1.807, 2.05) is 0 Å². The summed E-state index contributed by atoms with van der Waals surface area (Å²) in [6.45, 7) is 4.57. The molecule has 2 rings (SSSR count). The summed E-state index contributed by atoms with van der Waals surface area (Å²) < 4.78 is 5.41. The third kappa shape index (κ3) is 2.96. The minimum Gasteiger partial charge on any atom is -0.404 e. The highest BCUT2D eigenvalue weighted by atomic mass is 16.6. The van der Waals surface area contributed by atoms with Crippen molar-refractivity contribution in [2.75, 3.05) is 19.6 Å². The lowest BCUT2D eigenvalue weighted by Crippen LogP contribution is -2.35. The number of rotatable bonds is 4. The third-order valence-corrected chi connectivity index (χ3v) is 3.90. The molecular formula is C13H21N3O3. The first-order valence-electron chi connectivity index (χ1n) is 6.85. The van der Waals surface area contributed by atoms with E-state index in [4.69, 9.17) is 10.2 Å². The van der Waals surface area contributed by atoms with E-state index in [1.165, 1.54) is 6.07 Å². The minimum absolute atomic E-state index is 0.0613. The van der Waals surface area contributed by atoms with E-state index in [2.05, 4.69) is 11.8 Å². The highest BCUT2D eigenvalue weighted by Crippen LogP contribution is 2.36. The van der Waals surface area contributed by atoms with E-state index < -0.39 is 4.92 Å². The summed E-state index contributed by atoms with van der Waals surface area (Å²) in [5.74, 6) is 0.783. The van der Waals surface area contributed by atoms with Crippen LogP contribution in [0.5, 0.6) is 0 Å². The first-order chi connectivity index (χ1) is 9.17. The van der Waals surface area contributed by atoms with E-state index in [-0.39, 0.29) is 11.9 Å². The zero-order valence-corrected chi connectivity index (χ0v) is 11.2. The van der Waals surface area contributed by atoms with Crippen LogP contribution in [0.1, 0.15) is 38.0 Å². The predicted molar refractivity (Wildman–Crippen MR) is 71.7 cm³/mol. The quantitative estimate of drug-likeness (QED) is 0.668. The number of nitrogens with two attached hydrogens (primary N) is 1. The Kier molecular flexibility index (Phi) is 4.55. The maximum absolute atomic E-state index is 10.7. The van der Waals surface area contributed by atoms with E-state index in [9.17, 15) is 10.1 Å². The summed E-state index contributed by atoms with van der Waals surface area (Å²) in [7, 11) is 0. The fraction of sp³-hybridized carbons (Fsp3) is 0.692. The van der Waals surface area contributed by atoms with E-state index in [0.717, 1.165) is 32.4 Å². The molecule has 0 aliphatic carbocycles. The number of furan rings is 1. The smallest absolute Gasteiger partial charge is 0.404 e. The van der Waals surface area contributed by atoms with Gasteiger partial charge in [-0.25, -0.2) is 0 Å². The molecule has 2 unspecified atom stereocenters. The molecule has 1 fully saturated rings. The molecule has 0 aromatic carbocycles. The van der Waals surface area contributed by atoms with Crippen LogP contribution in [0.15, 0.2) is 16.5 Å². The summed E-state index contributed by atoms with van der Waals surface area (Å²) in [6, 6.07) is 3.22.